The highest BCUT2D eigenvalue weighted by atomic mass is 15.3. The van der Waals surface area contributed by atoms with Crippen molar-refractivity contribution in [3.05, 3.63) is 52.8 Å². The second-order valence-corrected chi connectivity index (χ2v) is 7.99. The van der Waals surface area contributed by atoms with Crippen LogP contribution >= 0.6 is 0 Å². The number of nitrogens with two attached hydrogens (primary N) is 3. The van der Waals surface area contributed by atoms with Gasteiger partial charge in [-0.15, -0.1) is 0 Å². The first-order valence-corrected chi connectivity index (χ1v) is 10.5. The highest BCUT2D eigenvalue weighted by Gasteiger charge is 2.23. The van der Waals surface area contributed by atoms with Crippen molar-refractivity contribution >= 4 is 11.5 Å². The Hall–Kier alpha value is -2.55. The van der Waals surface area contributed by atoms with Gasteiger partial charge in [0.05, 0.1) is 5.69 Å². The molecule has 1 aliphatic heterocycles. The van der Waals surface area contributed by atoms with Gasteiger partial charge in [0.2, 0.25) is 0 Å². The highest BCUT2D eigenvalue weighted by molar-refractivity contribution is 6.02. The normalized spacial score (nSPS) is 14.4. The Labute approximate surface area is 181 Å². The van der Waals surface area contributed by atoms with Crippen LogP contribution in [-0.4, -0.2) is 47.1 Å². The maximum Gasteiger partial charge on any atom is 0.125 e. The van der Waals surface area contributed by atoms with Crippen molar-refractivity contribution in [2.24, 2.45) is 23.3 Å². The summed E-state index contributed by atoms with van der Waals surface area (Å²) in [6.07, 6.45) is 3.64. The second-order valence-electron chi connectivity index (χ2n) is 7.99. The fourth-order valence-electron chi connectivity index (χ4n) is 3.97. The quantitative estimate of drug-likeness (QED) is 0.235. The number of hydrazine groups is 1. The zero-order valence-electron chi connectivity index (χ0n) is 18.4. The van der Waals surface area contributed by atoms with Crippen molar-refractivity contribution in [1.29, 1.82) is 5.41 Å². The Kier molecular flexibility index (Phi) is 9.16. The molecule has 0 saturated carbocycles. The Bertz CT molecular complexity index is 805. The standard InChI is InChI=1S/C22H32N6.H4N2.H2/c1-4-18-13-17(12-16(2)3)14-20(21(18)22(23)24)28-10-8-27(9-11-28)15-19-6-5-7-25-26-19;1-2;/h5-7,13-14,16H,4,8-12,15H2,1-3H3,(H3,23,24);1-2H2;1H. The third-order valence-corrected chi connectivity index (χ3v) is 5.28. The van der Waals surface area contributed by atoms with Gasteiger partial charge in [-0.2, -0.15) is 10.2 Å². The van der Waals surface area contributed by atoms with Gasteiger partial charge in [0.1, 0.15) is 5.84 Å². The number of amidine groups is 1. The molecule has 1 aromatic carbocycles. The lowest BCUT2D eigenvalue weighted by Gasteiger charge is -2.37. The summed E-state index contributed by atoms with van der Waals surface area (Å²) in [5.41, 5.74) is 11.6. The predicted molar refractivity (Wildman–Crippen MR) is 125 cm³/mol. The van der Waals surface area contributed by atoms with Gasteiger partial charge in [-0.3, -0.25) is 22.0 Å². The van der Waals surface area contributed by atoms with Gasteiger partial charge in [-0.25, -0.2) is 0 Å². The zero-order chi connectivity index (χ0) is 22.1. The van der Waals surface area contributed by atoms with Crippen LogP contribution in [0.2, 0.25) is 0 Å². The van der Waals surface area contributed by atoms with Crippen LogP contribution in [0.5, 0.6) is 0 Å². The maximum atomic E-state index is 8.16. The lowest BCUT2D eigenvalue weighted by Crippen LogP contribution is -2.46. The Balaban J connectivity index is 0.00000156. The van der Waals surface area contributed by atoms with Crippen LogP contribution in [0.1, 0.15) is 44.6 Å². The van der Waals surface area contributed by atoms with Crippen LogP contribution in [0.25, 0.3) is 0 Å². The van der Waals surface area contributed by atoms with Gasteiger partial charge >= 0.3 is 0 Å². The van der Waals surface area contributed by atoms with Gasteiger partial charge in [0, 0.05) is 51.6 Å². The van der Waals surface area contributed by atoms with Gasteiger partial charge in [0.15, 0.2) is 0 Å². The van der Waals surface area contributed by atoms with Crippen molar-refractivity contribution in [2.75, 3.05) is 31.1 Å². The number of hydrogen-bond donors (Lipinski definition) is 4. The van der Waals surface area contributed by atoms with Crippen LogP contribution in [0.3, 0.4) is 0 Å². The van der Waals surface area contributed by atoms with Crippen molar-refractivity contribution in [2.45, 2.75) is 40.2 Å². The Morgan fingerprint density at radius 2 is 1.90 bits per heavy atom. The lowest BCUT2D eigenvalue weighted by atomic mass is 9.93. The van der Waals surface area contributed by atoms with Gasteiger partial charge < -0.3 is 10.6 Å². The summed E-state index contributed by atoms with van der Waals surface area (Å²) in [4.78, 5) is 4.81. The summed E-state index contributed by atoms with van der Waals surface area (Å²) in [7, 11) is 0. The van der Waals surface area contributed by atoms with Crippen molar-refractivity contribution in [3.8, 4) is 0 Å². The molecule has 0 atom stereocenters. The molecule has 0 spiro atoms. The largest absolute Gasteiger partial charge is 0.384 e. The average molecular weight is 415 g/mol. The summed E-state index contributed by atoms with van der Waals surface area (Å²) >= 11 is 0. The molecule has 0 bridgehead atoms. The zero-order valence-corrected chi connectivity index (χ0v) is 18.4. The molecule has 0 unspecified atom stereocenters. The van der Waals surface area contributed by atoms with Crippen molar-refractivity contribution in [1.82, 2.24) is 15.1 Å². The minimum absolute atomic E-state index is 0. The molecule has 7 N–H and O–H groups in total. The van der Waals surface area contributed by atoms with E-state index in [9.17, 15) is 0 Å². The van der Waals surface area contributed by atoms with Gasteiger partial charge in [0.25, 0.3) is 0 Å². The van der Waals surface area contributed by atoms with E-state index in [4.69, 9.17) is 11.1 Å². The molecule has 1 aliphatic rings. The molecule has 8 nitrogen and oxygen atoms in total. The molecule has 0 amide bonds. The summed E-state index contributed by atoms with van der Waals surface area (Å²) in [6, 6.07) is 8.46. The van der Waals surface area contributed by atoms with E-state index >= 15 is 0 Å². The van der Waals surface area contributed by atoms with Gasteiger partial charge in [-0.05, 0) is 48.1 Å². The molecule has 8 heteroatoms. The second kappa shape index (κ2) is 11.6. The number of aryl methyl sites for hydroxylation is 1. The van der Waals surface area contributed by atoms with Crippen molar-refractivity contribution < 1.29 is 1.43 Å². The number of aromatic nitrogens is 2. The van der Waals surface area contributed by atoms with Gasteiger partial charge in [-0.1, -0.05) is 26.8 Å². The molecule has 30 heavy (non-hydrogen) atoms. The smallest absolute Gasteiger partial charge is 0.125 e. The van der Waals surface area contributed by atoms with Crippen molar-refractivity contribution in [3.63, 3.8) is 0 Å². The number of nitrogens with one attached hydrogen (secondary N) is 1. The molecule has 1 fully saturated rings. The Morgan fingerprint density at radius 1 is 1.20 bits per heavy atom. The van der Waals surface area contributed by atoms with Crippen LogP contribution < -0.4 is 22.3 Å². The molecule has 0 radical (unpaired) electrons. The van der Waals surface area contributed by atoms with E-state index in [1.807, 2.05) is 12.1 Å². The van der Waals surface area contributed by atoms with E-state index in [1.165, 1.54) is 11.1 Å². The molecule has 2 heterocycles. The van der Waals surface area contributed by atoms with E-state index in [-0.39, 0.29) is 7.26 Å². The predicted octanol–water partition coefficient (Wildman–Crippen LogP) is 1.91. The average Bonchev–Trinajstić information content (AvgIpc) is 2.75. The van der Waals surface area contributed by atoms with Crippen LogP contribution in [-0.2, 0) is 19.4 Å². The number of anilines is 1. The first kappa shape index (κ1) is 23.7. The molecule has 166 valence electrons. The number of nitrogens with zero attached hydrogens (tertiary/aromatic N) is 4. The molecule has 1 aromatic heterocycles. The molecule has 3 rings (SSSR count). The molecule has 0 aliphatic carbocycles. The molecular weight excluding hydrogens is 376 g/mol. The summed E-state index contributed by atoms with van der Waals surface area (Å²) in [5.74, 6) is 8.77. The van der Waals surface area contributed by atoms with E-state index in [0.717, 1.165) is 62.5 Å². The number of nitrogen functional groups attached to an aromatic ring is 1. The number of rotatable bonds is 7. The number of piperazine rings is 1. The number of hydrogen-bond acceptors (Lipinski definition) is 7. The summed E-state index contributed by atoms with van der Waals surface area (Å²) in [6.45, 7) is 11.2. The third kappa shape index (κ3) is 6.22. The first-order chi connectivity index (χ1) is 14.5. The minimum Gasteiger partial charge on any atom is -0.384 e. The topological polar surface area (TPSA) is 134 Å². The monoisotopic (exact) mass is 414 g/mol. The fourth-order valence-corrected chi connectivity index (χ4v) is 3.97. The first-order valence-electron chi connectivity index (χ1n) is 10.5. The van der Waals surface area contributed by atoms with E-state index in [1.54, 1.807) is 6.20 Å². The number of benzene rings is 1. The minimum atomic E-state index is 0. The fraction of sp³-hybridized carbons (Fsp3) is 0.500. The molecule has 2 aromatic rings. The maximum absolute atomic E-state index is 8.16. The molecular formula is C22H38N8. The SMILES string of the molecule is CCc1cc(CC(C)C)cc(N2CCN(Cc3cccnn3)CC2)c1C(=N)N.NN.[HH]. The van der Waals surface area contributed by atoms with Crippen LogP contribution in [0, 0.1) is 11.3 Å². The summed E-state index contributed by atoms with van der Waals surface area (Å²) < 4.78 is 0. The van der Waals surface area contributed by atoms with E-state index in [0.29, 0.717) is 5.92 Å². The molecule has 1 saturated heterocycles. The van der Waals surface area contributed by atoms with Crippen LogP contribution in [0.4, 0.5) is 5.69 Å². The van der Waals surface area contributed by atoms with E-state index < -0.39 is 0 Å². The van der Waals surface area contributed by atoms with Crippen LogP contribution in [0.15, 0.2) is 30.5 Å². The summed E-state index contributed by atoms with van der Waals surface area (Å²) in [5, 5.41) is 16.3. The Morgan fingerprint density at radius 3 is 2.43 bits per heavy atom. The van der Waals surface area contributed by atoms with E-state index in [2.05, 4.69) is 64.6 Å². The highest BCUT2D eigenvalue weighted by Crippen LogP contribution is 2.29. The lowest BCUT2D eigenvalue weighted by molar-refractivity contribution is 0.246. The third-order valence-electron chi connectivity index (χ3n) is 5.28.